The van der Waals surface area contributed by atoms with Gasteiger partial charge in [0, 0.05) is 18.5 Å². The van der Waals surface area contributed by atoms with Crippen LogP contribution in [-0.2, 0) is 0 Å². The van der Waals surface area contributed by atoms with E-state index in [0.717, 1.165) is 0 Å². The minimum Gasteiger partial charge on any atom is -0.377 e. The highest BCUT2D eigenvalue weighted by Gasteiger charge is 2.29. The molecule has 0 radical (unpaired) electrons. The molecule has 0 bridgehead atoms. The smallest absolute Gasteiger partial charge is 0.0338 e. The van der Waals surface area contributed by atoms with Crippen molar-refractivity contribution >= 4 is 0 Å². The van der Waals surface area contributed by atoms with Crippen LogP contribution in [0.4, 0.5) is 0 Å². The van der Waals surface area contributed by atoms with Gasteiger partial charge in [-0.2, -0.15) is 0 Å². The molecule has 1 heterocycles. The number of hydrogen-bond donors (Lipinski definition) is 0. The van der Waals surface area contributed by atoms with Gasteiger partial charge < -0.3 is 4.90 Å². The van der Waals surface area contributed by atoms with E-state index in [0.29, 0.717) is 11.5 Å². The van der Waals surface area contributed by atoms with Gasteiger partial charge in [-0.3, -0.25) is 0 Å². The highest BCUT2D eigenvalue weighted by atomic mass is 15.1. The zero-order valence-electron chi connectivity index (χ0n) is 6.68. The third-order valence-corrected chi connectivity index (χ3v) is 2.43. The van der Waals surface area contributed by atoms with Crippen molar-refractivity contribution in [3.05, 3.63) is 12.3 Å². The van der Waals surface area contributed by atoms with E-state index >= 15 is 0 Å². The largest absolute Gasteiger partial charge is 0.377 e. The third kappa shape index (κ3) is 0.958. The van der Waals surface area contributed by atoms with Crippen LogP contribution in [0.25, 0.3) is 0 Å². The summed E-state index contributed by atoms with van der Waals surface area (Å²) < 4.78 is 0. The number of rotatable bonds is 0. The van der Waals surface area contributed by atoms with Crippen LogP contribution >= 0.6 is 0 Å². The summed E-state index contributed by atoms with van der Waals surface area (Å²) in [6.45, 7) is 6.77. The Balaban J connectivity index is 2.74. The molecule has 0 aromatic heterocycles. The highest BCUT2D eigenvalue weighted by molar-refractivity contribution is 5.07. The Hall–Kier alpha value is -0.460. The van der Waals surface area contributed by atoms with E-state index in [1.54, 1.807) is 0 Å². The molecule has 52 valence electrons. The summed E-state index contributed by atoms with van der Waals surface area (Å²) in [5.41, 5.74) is 0.370. The van der Waals surface area contributed by atoms with Crippen molar-refractivity contribution < 1.29 is 0 Å². The highest BCUT2D eigenvalue weighted by Crippen LogP contribution is 2.31. The van der Waals surface area contributed by atoms with E-state index in [2.05, 4.69) is 45.0 Å². The van der Waals surface area contributed by atoms with Gasteiger partial charge >= 0.3 is 0 Å². The molecule has 0 saturated carbocycles. The summed E-state index contributed by atoms with van der Waals surface area (Å²) in [5, 5.41) is 0. The predicted molar refractivity (Wildman–Crippen MR) is 40.1 cm³/mol. The minimum atomic E-state index is 0.370. The Morgan fingerprint density at radius 1 is 1.44 bits per heavy atom. The molecular formula is C8H15N. The monoisotopic (exact) mass is 125 g/mol. The molecule has 1 atom stereocenters. The molecule has 1 nitrogen and oxygen atoms in total. The van der Waals surface area contributed by atoms with Crippen LogP contribution in [0.15, 0.2) is 12.3 Å². The van der Waals surface area contributed by atoms with Gasteiger partial charge in [0.2, 0.25) is 0 Å². The van der Waals surface area contributed by atoms with E-state index in [1.807, 2.05) is 0 Å². The molecule has 0 fully saturated rings. The standard InChI is InChI=1S/C8H15N/c1-7-8(2,3)5-6-9(7)4/h5-7H,1-4H3. The van der Waals surface area contributed by atoms with Crippen molar-refractivity contribution in [3.8, 4) is 0 Å². The second-order valence-corrected chi connectivity index (χ2v) is 3.48. The fourth-order valence-electron chi connectivity index (χ4n) is 1.10. The van der Waals surface area contributed by atoms with E-state index in [9.17, 15) is 0 Å². The summed E-state index contributed by atoms with van der Waals surface area (Å²) in [5.74, 6) is 0. The van der Waals surface area contributed by atoms with Gasteiger partial charge in [-0.15, -0.1) is 0 Å². The first-order chi connectivity index (χ1) is 4.04. The SMILES string of the molecule is CC1N(C)C=CC1(C)C. The number of hydrogen-bond acceptors (Lipinski definition) is 1. The average molecular weight is 125 g/mol. The van der Waals surface area contributed by atoms with Crippen LogP contribution in [0, 0.1) is 5.41 Å². The first-order valence-corrected chi connectivity index (χ1v) is 3.45. The Bertz CT molecular complexity index is 136. The van der Waals surface area contributed by atoms with Crippen molar-refractivity contribution in [1.82, 2.24) is 4.90 Å². The Morgan fingerprint density at radius 3 is 2.11 bits per heavy atom. The summed E-state index contributed by atoms with van der Waals surface area (Å²) >= 11 is 0. The van der Waals surface area contributed by atoms with Crippen LogP contribution in [0.2, 0.25) is 0 Å². The van der Waals surface area contributed by atoms with Crippen molar-refractivity contribution in [2.24, 2.45) is 5.41 Å². The van der Waals surface area contributed by atoms with Gasteiger partial charge in [-0.25, -0.2) is 0 Å². The van der Waals surface area contributed by atoms with Crippen molar-refractivity contribution in [2.75, 3.05) is 7.05 Å². The summed E-state index contributed by atoms with van der Waals surface area (Å²) in [6, 6.07) is 0.650. The quantitative estimate of drug-likeness (QED) is 0.477. The summed E-state index contributed by atoms with van der Waals surface area (Å²) in [7, 11) is 2.12. The molecule has 0 spiro atoms. The van der Waals surface area contributed by atoms with Gasteiger partial charge in [0.05, 0.1) is 0 Å². The first kappa shape index (κ1) is 6.66. The Labute approximate surface area is 57.4 Å². The average Bonchev–Trinajstić information content (AvgIpc) is 1.97. The fraction of sp³-hybridized carbons (Fsp3) is 0.750. The van der Waals surface area contributed by atoms with E-state index in [-0.39, 0.29) is 0 Å². The maximum absolute atomic E-state index is 2.26. The zero-order valence-corrected chi connectivity index (χ0v) is 6.68. The van der Waals surface area contributed by atoms with Crippen LogP contribution in [0.3, 0.4) is 0 Å². The first-order valence-electron chi connectivity index (χ1n) is 3.45. The zero-order chi connectivity index (χ0) is 7.07. The van der Waals surface area contributed by atoms with Crippen LogP contribution in [0.1, 0.15) is 20.8 Å². The van der Waals surface area contributed by atoms with E-state index in [4.69, 9.17) is 0 Å². The lowest BCUT2D eigenvalue weighted by atomic mass is 9.88. The van der Waals surface area contributed by atoms with Crippen molar-refractivity contribution in [3.63, 3.8) is 0 Å². The lowest BCUT2D eigenvalue weighted by Gasteiger charge is -2.27. The molecule has 1 aliphatic rings. The van der Waals surface area contributed by atoms with Crippen LogP contribution < -0.4 is 0 Å². The second kappa shape index (κ2) is 1.76. The van der Waals surface area contributed by atoms with Crippen molar-refractivity contribution in [1.29, 1.82) is 0 Å². The van der Waals surface area contributed by atoms with Crippen LogP contribution in [-0.4, -0.2) is 18.0 Å². The Morgan fingerprint density at radius 2 is 2.00 bits per heavy atom. The lowest BCUT2D eigenvalue weighted by Crippen LogP contribution is -2.30. The molecule has 0 aromatic rings. The molecule has 1 unspecified atom stereocenters. The molecule has 9 heavy (non-hydrogen) atoms. The normalized spacial score (nSPS) is 31.6. The molecule has 0 amide bonds. The molecule has 1 aliphatic heterocycles. The maximum atomic E-state index is 2.26. The number of nitrogens with zero attached hydrogens (tertiary/aromatic N) is 1. The van der Waals surface area contributed by atoms with E-state index < -0.39 is 0 Å². The molecule has 0 aliphatic carbocycles. The predicted octanol–water partition coefficient (Wildman–Crippen LogP) is 1.86. The molecule has 0 N–H and O–H groups in total. The third-order valence-electron chi connectivity index (χ3n) is 2.43. The van der Waals surface area contributed by atoms with Crippen LogP contribution in [0.5, 0.6) is 0 Å². The molecule has 0 aromatic carbocycles. The van der Waals surface area contributed by atoms with Gasteiger partial charge in [0.1, 0.15) is 0 Å². The second-order valence-electron chi connectivity index (χ2n) is 3.48. The van der Waals surface area contributed by atoms with Gasteiger partial charge in [-0.1, -0.05) is 19.9 Å². The Kier molecular flexibility index (Phi) is 1.30. The molecule has 1 heteroatoms. The topological polar surface area (TPSA) is 3.24 Å². The van der Waals surface area contributed by atoms with E-state index in [1.165, 1.54) is 0 Å². The lowest BCUT2D eigenvalue weighted by molar-refractivity contribution is 0.254. The van der Waals surface area contributed by atoms with Gasteiger partial charge in [0.25, 0.3) is 0 Å². The summed E-state index contributed by atoms with van der Waals surface area (Å²) in [4.78, 5) is 2.25. The fourth-order valence-corrected chi connectivity index (χ4v) is 1.10. The molecular weight excluding hydrogens is 110 g/mol. The van der Waals surface area contributed by atoms with Gasteiger partial charge in [0.15, 0.2) is 0 Å². The molecule has 0 saturated heterocycles. The van der Waals surface area contributed by atoms with Crippen molar-refractivity contribution in [2.45, 2.75) is 26.8 Å². The summed E-state index contributed by atoms with van der Waals surface area (Å²) in [6.07, 6.45) is 4.42. The maximum Gasteiger partial charge on any atom is 0.0338 e. The minimum absolute atomic E-state index is 0.370. The molecule has 1 rings (SSSR count). The van der Waals surface area contributed by atoms with Gasteiger partial charge in [-0.05, 0) is 13.1 Å².